The van der Waals surface area contributed by atoms with Gasteiger partial charge in [0.15, 0.2) is 0 Å². The van der Waals surface area contributed by atoms with Crippen LogP contribution in [0, 0.1) is 11.6 Å². The van der Waals surface area contributed by atoms with Gasteiger partial charge in [-0.3, -0.25) is 0 Å². The molecule has 0 saturated heterocycles. The number of nitrogens with zero attached hydrogens (tertiary/aromatic N) is 4. The average molecular weight is 1890 g/mol. The van der Waals surface area contributed by atoms with Crippen LogP contribution in [-0.2, 0) is 16.2 Å². The molecule has 22 aromatic carbocycles. The third-order valence-corrected chi connectivity index (χ3v) is 29.7. The van der Waals surface area contributed by atoms with Gasteiger partial charge in [-0.15, -0.1) is 0 Å². The zero-order valence-electron chi connectivity index (χ0n) is 80.4. The zero-order valence-corrected chi connectivity index (χ0v) is 80.4. The van der Waals surface area contributed by atoms with Gasteiger partial charge in [-0.2, -0.15) is 0 Å². The average Bonchev–Trinajstić information content (AvgIpc) is 1.55. The van der Waals surface area contributed by atoms with Crippen LogP contribution in [0.5, 0.6) is 23.0 Å². The molecule has 0 N–H and O–H groups in total. The van der Waals surface area contributed by atoms with E-state index in [2.05, 4.69) is 457 Å². The number of halogens is 2. The molecule has 22 aromatic rings. The number of benzene rings is 22. The Morgan fingerprint density at radius 2 is 0.381 bits per heavy atom. The van der Waals surface area contributed by atoms with Gasteiger partial charge in [0.05, 0.1) is 16.2 Å². The number of hydrogen-bond donors (Lipinski definition) is 0. The van der Waals surface area contributed by atoms with E-state index in [0.29, 0.717) is 11.5 Å². The van der Waals surface area contributed by atoms with E-state index in [1.165, 1.54) is 22.3 Å². The predicted molar refractivity (Wildman–Crippen MR) is 601 cm³/mol. The Morgan fingerprint density at radius 1 is 0.170 bits per heavy atom. The normalized spacial score (nSPS) is 14.1. The number of para-hydroxylation sites is 4. The second-order valence-electron chi connectivity index (χ2n) is 37.7. The smallest absolute Gasteiger partial charge is 0.127 e. The van der Waals surface area contributed by atoms with E-state index in [4.69, 9.17) is 9.47 Å². The van der Waals surface area contributed by atoms with Crippen molar-refractivity contribution in [2.75, 3.05) is 19.6 Å². The Balaban J connectivity index is 0.532. The molecule has 0 aromatic heterocycles. The Bertz CT molecular complexity index is 8140. The van der Waals surface area contributed by atoms with Crippen LogP contribution in [0.15, 0.2) is 559 Å². The van der Waals surface area contributed by atoms with Crippen molar-refractivity contribution in [3.05, 3.63) is 649 Å². The third kappa shape index (κ3) is 15.7. The van der Waals surface area contributed by atoms with Crippen LogP contribution in [-0.4, -0.2) is 0 Å². The van der Waals surface area contributed by atoms with E-state index < -0.39 is 16.2 Å². The van der Waals surface area contributed by atoms with Gasteiger partial charge in [0.2, 0.25) is 0 Å². The fourth-order valence-corrected chi connectivity index (χ4v) is 23.0. The number of rotatable bonds is 26. The molecule has 3 aliphatic carbocycles. The van der Waals surface area contributed by atoms with Crippen molar-refractivity contribution >= 4 is 80.4 Å². The Labute approximate surface area is 855 Å². The SMILES string of the molecule is C=Cc1ccc(Oc2ccc(C3(c4ccc(F)cc4)c4ccccc4-c4ccc(N(c5ccccc5)c5ccc(-c6ccc(N(c7ccccc7)c7cccc(C8(c9cccc(N(c%10ccccc%10)c%10ccc(-c%11ccc(N(c%12ccccc%12)c%12ccc%13c(c%12)C(c%12ccc(F)cc%12)(c%12ccc(Oc%14ccc(C=C)cc%14)cc%12)c%12ccccc%12-%13)cc%11)cc%10)c9)c9ccccc9-c9ccccc98)c7)cc6)cc5)cc43)cc2)cc1. The topological polar surface area (TPSA) is 31.4 Å². The van der Waals surface area contributed by atoms with E-state index in [9.17, 15) is 0 Å². The van der Waals surface area contributed by atoms with Crippen molar-refractivity contribution < 1.29 is 18.3 Å². The molecule has 25 rings (SSSR count). The lowest BCUT2D eigenvalue weighted by molar-refractivity contribution is 0.482. The van der Waals surface area contributed by atoms with Gasteiger partial charge in [0, 0.05) is 68.2 Å². The standard InChI is InChI=1S/C139H96F2N4O2/c1-3-95-47-81-121(82-48-95)146-123-85-63-103(64-86-123)137(101-59-67-107(140)68-60-101)131-43-21-19-41-127(131)129-89-79-119(93-135(129)137)144(111-33-13-7-14-34-111)115-75-55-99(56-76-115)97-51-71-113(72-52-97)142(109-29-9-5-10-30-109)117-37-25-27-105(91-117)139(133-45-23-17-39-125(133)126-40-18-24-46-134(126)139)106-28-26-38-118(92-106)143(110-31-11-6-12-32-110)114-73-53-98(54-74-114)100-57-77-116(78-58-100)145(112-35-15-8-16-36-112)120-80-90-130-128-42-20-22-44-132(128)138(136(130)94-120,102-61-69-108(141)70-62-102)104-65-87-124(88-66-104)147-122-83-49-96(4-2)50-84-122/h3-94H,1-2H2. The summed E-state index contributed by atoms with van der Waals surface area (Å²) < 4.78 is 43.5. The van der Waals surface area contributed by atoms with Crippen molar-refractivity contribution in [1.82, 2.24) is 0 Å². The molecule has 2 atom stereocenters. The van der Waals surface area contributed by atoms with Gasteiger partial charge in [-0.05, 0) is 352 Å². The maximum Gasteiger partial charge on any atom is 0.127 e. The summed E-state index contributed by atoms with van der Waals surface area (Å²) in [5.74, 6) is 2.27. The summed E-state index contributed by atoms with van der Waals surface area (Å²) in [4.78, 5) is 9.43. The lowest BCUT2D eigenvalue weighted by atomic mass is 9.67. The highest BCUT2D eigenvalue weighted by atomic mass is 19.1. The van der Waals surface area contributed by atoms with Gasteiger partial charge in [-0.1, -0.05) is 353 Å². The minimum absolute atomic E-state index is 0.296. The van der Waals surface area contributed by atoms with Crippen LogP contribution >= 0.6 is 0 Å². The molecular weight excluding hydrogens is 1800 g/mol. The summed E-state index contributed by atoms with van der Waals surface area (Å²) in [6, 6.07) is 192. The largest absolute Gasteiger partial charge is 0.457 e. The van der Waals surface area contributed by atoms with Gasteiger partial charge in [-0.25, -0.2) is 8.78 Å². The molecule has 0 heterocycles. The van der Waals surface area contributed by atoms with Gasteiger partial charge >= 0.3 is 0 Å². The number of anilines is 12. The maximum absolute atomic E-state index is 15.3. The molecule has 0 aliphatic heterocycles. The van der Waals surface area contributed by atoms with Crippen LogP contribution in [0.3, 0.4) is 0 Å². The van der Waals surface area contributed by atoms with Gasteiger partial charge in [0.1, 0.15) is 34.6 Å². The van der Waals surface area contributed by atoms with Crippen molar-refractivity contribution in [2.45, 2.75) is 16.2 Å². The van der Waals surface area contributed by atoms with E-state index in [1.807, 2.05) is 109 Å². The molecule has 0 bridgehead atoms. The van der Waals surface area contributed by atoms with Crippen LogP contribution < -0.4 is 29.1 Å². The first-order chi connectivity index (χ1) is 72.5. The number of ether oxygens (including phenoxy) is 2. The molecule has 147 heavy (non-hydrogen) atoms. The summed E-state index contributed by atoms with van der Waals surface area (Å²) in [5.41, 5.74) is 35.7. The predicted octanol–water partition coefficient (Wildman–Crippen LogP) is 37.1. The highest BCUT2D eigenvalue weighted by Gasteiger charge is 2.50. The van der Waals surface area contributed by atoms with Gasteiger partial charge < -0.3 is 29.1 Å². The lowest BCUT2D eigenvalue weighted by Gasteiger charge is -2.36. The molecule has 698 valence electrons. The minimum atomic E-state index is -0.839. The third-order valence-electron chi connectivity index (χ3n) is 29.7. The molecule has 0 radical (unpaired) electrons. The van der Waals surface area contributed by atoms with Crippen LogP contribution in [0.25, 0.3) is 67.8 Å². The number of fused-ring (bicyclic) bond motifs is 9. The van der Waals surface area contributed by atoms with E-state index in [1.54, 1.807) is 24.3 Å². The highest BCUT2D eigenvalue weighted by Crippen LogP contribution is 2.62. The van der Waals surface area contributed by atoms with Crippen LogP contribution in [0.2, 0.25) is 0 Å². The molecule has 2 unspecified atom stereocenters. The second kappa shape index (κ2) is 37.8. The molecule has 6 nitrogen and oxygen atoms in total. The second-order valence-corrected chi connectivity index (χ2v) is 37.7. The lowest BCUT2D eigenvalue weighted by Crippen LogP contribution is -2.29. The minimum Gasteiger partial charge on any atom is -0.457 e. The maximum atomic E-state index is 15.3. The van der Waals surface area contributed by atoms with Gasteiger partial charge in [0.25, 0.3) is 0 Å². The number of hydrogen-bond acceptors (Lipinski definition) is 6. The molecule has 0 fully saturated rings. The van der Waals surface area contributed by atoms with Crippen molar-refractivity contribution in [1.29, 1.82) is 0 Å². The fraction of sp³-hybridized carbons (Fsp3) is 0.0216. The van der Waals surface area contributed by atoms with E-state index in [0.717, 1.165) is 191 Å². The summed E-state index contributed by atoms with van der Waals surface area (Å²) in [5, 5.41) is 0. The molecule has 0 spiro atoms. The van der Waals surface area contributed by atoms with E-state index >= 15 is 8.78 Å². The quantitative estimate of drug-likeness (QED) is 0.0537. The zero-order chi connectivity index (χ0) is 98.5. The first kappa shape index (κ1) is 89.3. The summed E-state index contributed by atoms with van der Waals surface area (Å²) in [6.45, 7) is 7.86. The monoisotopic (exact) mass is 1890 g/mol. The fourth-order valence-electron chi connectivity index (χ4n) is 23.0. The molecule has 0 amide bonds. The van der Waals surface area contributed by atoms with Crippen molar-refractivity contribution in [3.8, 4) is 78.6 Å². The Hall–Kier alpha value is -19.0. The summed E-state index contributed by atoms with van der Waals surface area (Å²) >= 11 is 0. The molecule has 3 aliphatic rings. The molecule has 8 heteroatoms. The molecular formula is C139H96F2N4O2. The van der Waals surface area contributed by atoms with Crippen LogP contribution in [0.1, 0.15) is 77.9 Å². The first-order valence-corrected chi connectivity index (χ1v) is 49.8. The Morgan fingerprint density at radius 3 is 0.653 bits per heavy atom. The van der Waals surface area contributed by atoms with Crippen molar-refractivity contribution in [3.63, 3.8) is 0 Å². The highest BCUT2D eigenvalue weighted by molar-refractivity contribution is 5.95. The Kier molecular flexibility index (Phi) is 23.0. The first-order valence-electron chi connectivity index (χ1n) is 49.8. The summed E-state index contributed by atoms with van der Waals surface area (Å²) in [6.07, 6.45) is 3.64. The van der Waals surface area contributed by atoms with Crippen molar-refractivity contribution in [2.24, 2.45) is 0 Å². The van der Waals surface area contributed by atoms with Crippen LogP contribution in [0.4, 0.5) is 77.0 Å². The van der Waals surface area contributed by atoms with E-state index in [-0.39, 0.29) is 11.6 Å². The molecule has 0 saturated carbocycles. The summed E-state index contributed by atoms with van der Waals surface area (Å²) in [7, 11) is 0.